The van der Waals surface area contributed by atoms with E-state index in [2.05, 4.69) is 0 Å². The first kappa shape index (κ1) is 21.4. The molecule has 26 heavy (non-hydrogen) atoms. The Morgan fingerprint density at radius 2 is 1.77 bits per heavy atom. The molecule has 0 saturated carbocycles. The van der Waals surface area contributed by atoms with Crippen LogP contribution in [0.1, 0.15) is 40.5 Å². The zero-order valence-electron chi connectivity index (χ0n) is 15.3. The molecule has 8 heteroatoms. The summed E-state index contributed by atoms with van der Waals surface area (Å²) in [6, 6.07) is 0. The minimum atomic E-state index is -0.973. The Morgan fingerprint density at radius 3 is 2.31 bits per heavy atom. The molecule has 1 rings (SSSR count). The van der Waals surface area contributed by atoms with Gasteiger partial charge in [-0.05, 0) is 13.0 Å². The lowest BCUT2D eigenvalue weighted by Crippen LogP contribution is -2.43. The summed E-state index contributed by atoms with van der Waals surface area (Å²) in [6.45, 7) is 5.21. The van der Waals surface area contributed by atoms with E-state index in [0.717, 1.165) is 0 Å². The molecule has 8 nitrogen and oxygen atoms in total. The minimum Gasteiger partial charge on any atom is -0.459 e. The Balaban J connectivity index is 2.86. The van der Waals surface area contributed by atoms with Crippen LogP contribution in [-0.4, -0.2) is 48.3 Å². The van der Waals surface area contributed by atoms with Gasteiger partial charge in [0.05, 0.1) is 0 Å². The van der Waals surface area contributed by atoms with Gasteiger partial charge in [-0.2, -0.15) is 0 Å². The van der Waals surface area contributed by atoms with Gasteiger partial charge in [-0.15, -0.1) is 0 Å². The molecule has 0 aliphatic carbocycles. The normalized spacial score (nSPS) is 20.0. The topological polar surface area (TPSA) is 105 Å². The van der Waals surface area contributed by atoms with Crippen molar-refractivity contribution in [3.8, 4) is 0 Å². The lowest BCUT2D eigenvalue weighted by atomic mass is 10.0. The van der Waals surface area contributed by atoms with Crippen molar-refractivity contribution in [2.45, 2.75) is 65.0 Å². The van der Waals surface area contributed by atoms with E-state index in [1.165, 1.54) is 26.8 Å². The highest BCUT2D eigenvalue weighted by molar-refractivity contribution is 5.82. The number of ether oxygens (including phenoxy) is 4. The lowest BCUT2D eigenvalue weighted by Gasteiger charge is -2.29. The van der Waals surface area contributed by atoms with Crippen molar-refractivity contribution in [2.24, 2.45) is 0 Å². The van der Waals surface area contributed by atoms with Gasteiger partial charge in [0.15, 0.2) is 6.10 Å². The third kappa shape index (κ3) is 7.96. The molecule has 0 amide bonds. The minimum absolute atomic E-state index is 0.181. The van der Waals surface area contributed by atoms with E-state index in [0.29, 0.717) is 6.42 Å². The summed E-state index contributed by atoms with van der Waals surface area (Å²) in [5.74, 6) is -2.14. The van der Waals surface area contributed by atoms with Crippen LogP contribution in [0.4, 0.5) is 0 Å². The quantitative estimate of drug-likeness (QED) is 0.361. The molecule has 0 unspecified atom stereocenters. The van der Waals surface area contributed by atoms with Gasteiger partial charge in [0.2, 0.25) is 0 Å². The van der Waals surface area contributed by atoms with Gasteiger partial charge >= 0.3 is 23.9 Å². The average molecular weight is 368 g/mol. The molecule has 0 saturated heterocycles. The summed E-state index contributed by atoms with van der Waals surface area (Å²) in [7, 11) is 0. The maximum atomic E-state index is 11.4. The third-order valence-corrected chi connectivity index (χ3v) is 3.41. The molecule has 144 valence electrons. The van der Waals surface area contributed by atoms with Crippen LogP contribution in [0.2, 0.25) is 0 Å². The maximum absolute atomic E-state index is 11.4. The predicted octanol–water partition coefficient (Wildman–Crippen LogP) is 1.62. The molecule has 4 atom stereocenters. The van der Waals surface area contributed by atoms with Crippen molar-refractivity contribution in [3.63, 3.8) is 0 Å². The highest BCUT2D eigenvalue weighted by Crippen LogP contribution is 2.18. The highest BCUT2D eigenvalue weighted by atomic mass is 16.6. The van der Waals surface area contributed by atoms with E-state index < -0.39 is 48.3 Å². The fourth-order valence-corrected chi connectivity index (χ4v) is 2.47. The first-order valence-electron chi connectivity index (χ1n) is 8.24. The number of carbonyl (C=O) groups excluding carboxylic acids is 4. The Bertz CT molecular complexity index is 592. The second kappa shape index (κ2) is 10.4. The van der Waals surface area contributed by atoms with Crippen molar-refractivity contribution < 1.29 is 38.1 Å². The van der Waals surface area contributed by atoms with Crippen LogP contribution >= 0.6 is 0 Å². The molecule has 0 spiro atoms. The molecule has 1 heterocycles. The number of carbonyl (C=O) groups is 4. The highest BCUT2D eigenvalue weighted by Gasteiger charge is 2.33. The van der Waals surface area contributed by atoms with Crippen molar-refractivity contribution in [2.75, 3.05) is 0 Å². The monoisotopic (exact) mass is 368 g/mol. The molecule has 0 fully saturated rings. The van der Waals surface area contributed by atoms with Gasteiger partial charge in [0.25, 0.3) is 0 Å². The molecule has 0 N–H and O–H groups in total. The predicted molar refractivity (Wildman–Crippen MR) is 89.7 cm³/mol. The second-order valence-corrected chi connectivity index (χ2v) is 5.81. The maximum Gasteiger partial charge on any atom is 0.331 e. The average Bonchev–Trinajstić information content (AvgIpc) is 2.50. The summed E-state index contributed by atoms with van der Waals surface area (Å²) in [6.07, 6.45) is 4.04. The molecule has 0 radical (unpaired) electrons. The first-order valence-corrected chi connectivity index (χ1v) is 8.24. The van der Waals surface area contributed by atoms with Crippen LogP contribution in [0.15, 0.2) is 24.3 Å². The summed E-state index contributed by atoms with van der Waals surface area (Å²) in [5.41, 5.74) is 0. The van der Waals surface area contributed by atoms with E-state index in [-0.39, 0.29) is 6.42 Å². The van der Waals surface area contributed by atoms with Crippen molar-refractivity contribution >= 4 is 23.9 Å². The molecule has 1 aliphatic heterocycles. The van der Waals surface area contributed by atoms with Crippen molar-refractivity contribution in [1.82, 2.24) is 0 Å². The summed E-state index contributed by atoms with van der Waals surface area (Å²) in [5, 5.41) is 0. The fourth-order valence-electron chi connectivity index (χ4n) is 2.47. The molecule has 0 aromatic carbocycles. The van der Waals surface area contributed by atoms with Gasteiger partial charge in [-0.25, -0.2) is 4.79 Å². The number of rotatable bonds is 8. The zero-order valence-corrected chi connectivity index (χ0v) is 15.3. The van der Waals surface area contributed by atoms with Crippen LogP contribution < -0.4 is 0 Å². The number of hydrogen-bond donors (Lipinski definition) is 0. The van der Waals surface area contributed by atoms with E-state index >= 15 is 0 Å². The van der Waals surface area contributed by atoms with Crippen LogP contribution in [0.3, 0.4) is 0 Å². The third-order valence-electron chi connectivity index (χ3n) is 3.41. The van der Waals surface area contributed by atoms with Gasteiger partial charge in [0, 0.05) is 39.7 Å². The van der Waals surface area contributed by atoms with Gasteiger partial charge in [0.1, 0.15) is 18.3 Å². The molecule has 1 aliphatic rings. The fraction of sp³-hybridized carbons (Fsp3) is 0.556. The summed E-state index contributed by atoms with van der Waals surface area (Å²) < 4.78 is 20.6. The van der Waals surface area contributed by atoms with Crippen LogP contribution in [0.5, 0.6) is 0 Å². The van der Waals surface area contributed by atoms with E-state index in [1.54, 1.807) is 25.2 Å². The molecule has 0 aromatic heterocycles. The zero-order chi connectivity index (χ0) is 19.7. The SMILES string of the molecule is CC(=O)O[C@H]([C@@H](C)OC(C)=O)[C@@H](C/C=C/[C@H]1CC=CC(=O)O1)OC(C)=O. The van der Waals surface area contributed by atoms with Crippen LogP contribution in [0.25, 0.3) is 0 Å². The van der Waals surface area contributed by atoms with E-state index in [1.807, 2.05) is 0 Å². The van der Waals surface area contributed by atoms with Crippen LogP contribution in [-0.2, 0) is 38.1 Å². The standard InChI is InChI=1S/C18H24O8/c1-11(23-12(2)19)18(25-14(4)21)16(24-13(3)20)9-5-7-15-8-6-10-17(22)26-15/h5-7,10-11,15-16,18H,8-9H2,1-4H3/b7-5+/t11-,15+,16-,18-/m1/s1. The second-order valence-electron chi connectivity index (χ2n) is 5.81. The van der Waals surface area contributed by atoms with E-state index in [9.17, 15) is 19.2 Å². The number of esters is 4. The molecular formula is C18H24O8. The van der Waals surface area contributed by atoms with Crippen molar-refractivity contribution in [3.05, 3.63) is 24.3 Å². The number of cyclic esters (lactones) is 1. The molecule has 0 bridgehead atoms. The van der Waals surface area contributed by atoms with E-state index in [4.69, 9.17) is 18.9 Å². The Labute approximate surface area is 152 Å². The number of hydrogen-bond acceptors (Lipinski definition) is 8. The van der Waals surface area contributed by atoms with Crippen LogP contribution in [0, 0.1) is 0 Å². The summed E-state index contributed by atoms with van der Waals surface area (Å²) in [4.78, 5) is 45.3. The largest absolute Gasteiger partial charge is 0.459 e. The van der Waals surface area contributed by atoms with Gasteiger partial charge < -0.3 is 18.9 Å². The van der Waals surface area contributed by atoms with Gasteiger partial charge in [-0.3, -0.25) is 14.4 Å². The Hall–Kier alpha value is -2.64. The Kier molecular flexibility index (Phi) is 8.54. The molecule has 0 aromatic rings. The lowest BCUT2D eigenvalue weighted by molar-refractivity contribution is -0.181. The smallest absolute Gasteiger partial charge is 0.331 e. The van der Waals surface area contributed by atoms with Gasteiger partial charge in [-0.1, -0.05) is 12.2 Å². The molecular weight excluding hydrogens is 344 g/mol. The van der Waals surface area contributed by atoms with Crippen molar-refractivity contribution in [1.29, 1.82) is 0 Å². The Morgan fingerprint density at radius 1 is 1.15 bits per heavy atom. The first-order chi connectivity index (χ1) is 12.2. The summed E-state index contributed by atoms with van der Waals surface area (Å²) >= 11 is 0.